The van der Waals surface area contributed by atoms with Crippen molar-refractivity contribution in [1.82, 2.24) is 4.90 Å². The van der Waals surface area contributed by atoms with E-state index in [1.807, 2.05) is 11.8 Å². The van der Waals surface area contributed by atoms with Gasteiger partial charge in [-0.3, -0.25) is 9.59 Å². The quantitative estimate of drug-likeness (QED) is 0.411. The molecule has 0 spiro atoms. The monoisotopic (exact) mass is 289 g/mol. The number of nitrogens with zero attached hydrogens (tertiary/aromatic N) is 1. The van der Waals surface area contributed by atoms with Gasteiger partial charge in [0.15, 0.2) is 0 Å². The number of hydrogen-bond acceptors (Lipinski definition) is 3. The smallest absolute Gasteiger partial charge is 0.309 e. The van der Waals surface area contributed by atoms with Gasteiger partial charge < -0.3 is 9.64 Å². The normalized spacial score (nSPS) is 16.4. The van der Waals surface area contributed by atoms with E-state index in [0.717, 1.165) is 32.1 Å². The second-order valence-electron chi connectivity index (χ2n) is 4.97. The molecule has 0 aromatic heterocycles. The lowest BCUT2D eigenvalue weighted by atomic mass is 9.96. The molecule has 110 valence electrons. The number of carbonyl (C=O) groups excluding carboxylic acids is 2. The molecule has 1 rings (SSSR count). The fourth-order valence-electron chi connectivity index (χ4n) is 2.21. The van der Waals surface area contributed by atoms with Crippen molar-refractivity contribution in [2.75, 3.05) is 25.6 Å². The van der Waals surface area contributed by atoms with E-state index in [4.69, 9.17) is 16.3 Å². The van der Waals surface area contributed by atoms with Crippen molar-refractivity contribution in [3.63, 3.8) is 0 Å². The van der Waals surface area contributed by atoms with Crippen molar-refractivity contribution >= 4 is 23.5 Å². The Morgan fingerprint density at radius 1 is 1.26 bits per heavy atom. The molecular formula is C14H24ClNO3. The van der Waals surface area contributed by atoms with Crippen LogP contribution in [0.25, 0.3) is 0 Å². The topological polar surface area (TPSA) is 46.6 Å². The number of rotatable bonds is 7. The van der Waals surface area contributed by atoms with E-state index >= 15 is 0 Å². The highest BCUT2D eigenvalue weighted by atomic mass is 35.5. The second-order valence-corrected chi connectivity index (χ2v) is 5.35. The van der Waals surface area contributed by atoms with Crippen LogP contribution in [0.3, 0.4) is 0 Å². The fourth-order valence-corrected chi connectivity index (χ4v) is 2.40. The first-order chi connectivity index (χ1) is 9.19. The first-order valence-corrected chi connectivity index (χ1v) is 7.72. The van der Waals surface area contributed by atoms with Crippen molar-refractivity contribution in [2.45, 2.75) is 45.4 Å². The zero-order chi connectivity index (χ0) is 14.1. The van der Waals surface area contributed by atoms with Crippen LogP contribution in [-0.2, 0) is 14.3 Å². The average molecular weight is 290 g/mol. The maximum absolute atomic E-state index is 11.9. The van der Waals surface area contributed by atoms with Crippen LogP contribution in [0.5, 0.6) is 0 Å². The summed E-state index contributed by atoms with van der Waals surface area (Å²) in [6, 6.07) is 0. The van der Waals surface area contributed by atoms with Crippen molar-refractivity contribution in [2.24, 2.45) is 5.92 Å². The van der Waals surface area contributed by atoms with Gasteiger partial charge in [-0.25, -0.2) is 0 Å². The van der Waals surface area contributed by atoms with Gasteiger partial charge in [0.2, 0.25) is 5.91 Å². The van der Waals surface area contributed by atoms with Gasteiger partial charge in [0.05, 0.1) is 12.5 Å². The first kappa shape index (κ1) is 16.3. The third-order valence-electron chi connectivity index (χ3n) is 3.40. The molecule has 1 aliphatic rings. The Bertz CT molecular complexity index is 288. The van der Waals surface area contributed by atoms with Gasteiger partial charge in [0.25, 0.3) is 0 Å². The van der Waals surface area contributed by atoms with E-state index in [0.29, 0.717) is 32.0 Å². The van der Waals surface area contributed by atoms with Crippen molar-refractivity contribution < 1.29 is 14.3 Å². The lowest BCUT2D eigenvalue weighted by molar-refractivity contribution is -0.151. The lowest BCUT2D eigenvalue weighted by Gasteiger charge is -2.31. The number of carbonyl (C=O) groups is 2. The lowest BCUT2D eigenvalue weighted by Crippen LogP contribution is -2.40. The number of likely N-dealkylation sites (tertiary alicyclic amines) is 1. The molecule has 0 N–H and O–H groups in total. The van der Waals surface area contributed by atoms with Gasteiger partial charge in [-0.2, -0.15) is 0 Å². The summed E-state index contributed by atoms with van der Waals surface area (Å²) in [5.74, 6) is 0.665. The minimum absolute atomic E-state index is 0.0292. The molecule has 0 atom stereocenters. The van der Waals surface area contributed by atoms with Crippen LogP contribution in [-0.4, -0.2) is 42.4 Å². The standard InChI is InChI=1S/C14H24ClNO3/c1-2-11-19-14(18)12-6-9-16(10-7-12)13(17)5-3-4-8-15/h12H,2-11H2,1H3. The molecule has 0 unspecified atom stereocenters. The highest BCUT2D eigenvalue weighted by molar-refractivity contribution is 6.17. The molecule has 19 heavy (non-hydrogen) atoms. The Kier molecular flexibility index (Phi) is 7.87. The summed E-state index contributed by atoms with van der Waals surface area (Å²) >= 11 is 5.59. The number of halogens is 1. The van der Waals surface area contributed by atoms with Crippen molar-refractivity contribution in [1.29, 1.82) is 0 Å². The van der Waals surface area contributed by atoms with Crippen LogP contribution in [0, 0.1) is 5.92 Å². The number of piperidine rings is 1. The molecule has 0 radical (unpaired) electrons. The Morgan fingerprint density at radius 3 is 2.53 bits per heavy atom. The van der Waals surface area contributed by atoms with Gasteiger partial charge in [-0.05, 0) is 32.1 Å². The molecule has 5 heteroatoms. The molecule has 1 amide bonds. The highest BCUT2D eigenvalue weighted by Crippen LogP contribution is 2.19. The number of alkyl halides is 1. The highest BCUT2D eigenvalue weighted by Gasteiger charge is 2.27. The van der Waals surface area contributed by atoms with E-state index in [-0.39, 0.29) is 17.8 Å². The number of unbranched alkanes of at least 4 members (excludes halogenated alkanes) is 1. The Balaban J connectivity index is 2.24. The summed E-state index contributed by atoms with van der Waals surface area (Å²) < 4.78 is 5.15. The van der Waals surface area contributed by atoms with Crippen LogP contribution in [0.15, 0.2) is 0 Å². The second kappa shape index (κ2) is 9.18. The third kappa shape index (κ3) is 5.81. The van der Waals surface area contributed by atoms with Gasteiger partial charge in [0.1, 0.15) is 0 Å². The molecular weight excluding hydrogens is 266 g/mol. The minimum atomic E-state index is -0.101. The summed E-state index contributed by atoms with van der Waals surface area (Å²) in [5.41, 5.74) is 0. The number of hydrogen-bond donors (Lipinski definition) is 0. The molecule has 0 aliphatic carbocycles. The summed E-state index contributed by atoms with van der Waals surface area (Å²) in [6.45, 7) is 3.82. The van der Waals surface area contributed by atoms with Crippen LogP contribution < -0.4 is 0 Å². The summed E-state index contributed by atoms with van der Waals surface area (Å²) in [5, 5.41) is 0. The van der Waals surface area contributed by atoms with Gasteiger partial charge in [0, 0.05) is 25.4 Å². The van der Waals surface area contributed by atoms with Crippen molar-refractivity contribution in [3.05, 3.63) is 0 Å². The van der Waals surface area contributed by atoms with Gasteiger partial charge in [-0.1, -0.05) is 6.92 Å². The Hall–Kier alpha value is -0.770. The molecule has 0 aromatic carbocycles. The maximum atomic E-state index is 11.9. The predicted octanol–water partition coefficient (Wildman–Crippen LogP) is 2.59. The zero-order valence-corrected chi connectivity index (χ0v) is 12.5. The first-order valence-electron chi connectivity index (χ1n) is 7.19. The minimum Gasteiger partial charge on any atom is -0.465 e. The average Bonchev–Trinajstić information content (AvgIpc) is 2.45. The van der Waals surface area contributed by atoms with Crippen LogP contribution in [0.2, 0.25) is 0 Å². The Labute approximate surface area is 120 Å². The van der Waals surface area contributed by atoms with E-state index in [1.165, 1.54) is 0 Å². The number of amides is 1. The zero-order valence-electron chi connectivity index (χ0n) is 11.7. The van der Waals surface area contributed by atoms with Crippen LogP contribution in [0.1, 0.15) is 45.4 Å². The molecule has 0 bridgehead atoms. The van der Waals surface area contributed by atoms with Gasteiger partial charge in [-0.15, -0.1) is 11.6 Å². The molecule has 1 fully saturated rings. The summed E-state index contributed by atoms with van der Waals surface area (Å²) in [7, 11) is 0. The van der Waals surface area contributed by atoms with E-state index < -0.39 is 0 Å². The maximum Gasteiger partial charge on any atom is 0.309 e. The van der Waals surface area contributed by atoms with Crippen molar-refractivity contribution in [3.8, 4) is 0 Å². The number of esters is 1. The SMILES string of the molecule is CCCOC(=O)C1CCN(C(=O)CCCCCl)CC1. The predicted molar refractivity (Wildman–Crippen MR) is 75.1 cm³/mol. The molecule has 1 heterocycles. The molecule has 1 saturated heterocycles. The third-order valence-corrected chi connectivity index (χ3v) is 3.67. The van der Waals surface area contributed by atoms with Crippen LogP contribution in [0.4, 0.5) is 0 Å². The largest absolute Gasteiger partial charge is 0.465 e. The summed E-state index contributed by atoms with van der Waals surface area (Å²) in [4.78, 5) is 25.5. The van der Waals surface area contributed by atoms with E-state index in [2.05, 4.69) is 0 Å². The van der Waals surface area contributed by atoms with E-state index in [1.54, 1.807) is 0 Å². The fraction of sp³-hybridized carbons (Fsp3) is 0.857. The summed E-state index contributed by atoms with van der Waals surface area (Å²) in [6.07, 6.45) is 4.60. The van der Waals surface area contributed by atoms with E-state index in [9.17, 15) is 9.59 Å². The molecule has 0 aromatic rings. The number of ether oxygens (including phenoxy) is 1. The molecule has 0 saturated carbocycles. The van der Waals surface area contributed by atoms with Crippen LogP contribution >= 0.6 is 11.6 Å². The molecule has 1 aliphatic heterocycles. The Morgan fingerprint density at radius 2 is 1.95 bits per heavy atom. The van der Waals surface area contributed by atoms with Gasteiger partial charge >= 0.3 is 5.97 Å². The molecule has 4 nitrogen and oxygen atoms in total.